The maximum atomic E-state index is 11.0. The standard InChI is InChI=1S/C11H20N2O2/c1-2-3-4-9-11(5-6-12-7-11)8-13(9)10(14)15/h9,12H,2-8H2,1H3,(H,14,15). The van der Waals surface area contributed by atoms with E-state index in [0.717, 1.165) is 45.3 Å². The van der Waals surface area contributed by atoms with Crippen molar-refractivity contribution < 1.29 is 9.90 Å². The van der Waals surface area contributed by atoms with Gasteiger partial charge in [-0.2, -0.15) is 0 Å². The molecule has 2 N–H and O–H groups in total. The van der Waals surface area contributed by atoms with E-state index in [1.54, 1.807) is 4.90 Å². The Balaban J connectivity index is 2.00. The lowest BCUT2D eigenvalue weighted by Gasteiger charge is -2.54. The summed E-state index contributed by atoms with van der Waals surface area (Å²) in [6.07, 6.45) is 3.72. The number of unbranched alkanes of at least 4 members (excludes halogenated alkanes) is 1. The van der Waals surface area contributed by atoms with Crippen LogP contribution in [-0.2, 0) is 0 Å². The van der Waals surface area contributed by atoms with Gasteiger partial charge in [0, 0.05) is 24.5 Å². The largest absolute Gasteiger partial charge is 0.465 e. The van der Waals surface area contributed by atoms with Crippen LogP contribution >= 0.6 is 0 Å². The molecule has 2 atom stereocenters. The average Bonchev–Trinajstić information content (AvgIpc) is 2.65. The molecule has 86 valence electrons. The number of nitrogens with zero attached hydrogens (tertiary/aromatic N) is 1. The number of amides is 1. The molecule has 2 aliphatic heterocycles. The fourth-order valence-electron chi connectivity index (χ4n) is 3.02. The molecule has 2 saturated heterocycles. The molecule has 0 bridgehead atoms. The topological polar surface area (TPSA) is 52.6 Å². The van der Waals surface area contributed by atoms with Crippen molar-refractivity contribution in [1.29, 1.82) is 0 Å². The predicted octanol–water partition coefficient (Wildman–Crippen LogP) is 1.52. The van der Waals surface area contributed by atoms with E-state index in [0.29, 0.717) is 0 Å². The quantitative estimate of drug-likeness (QED) is 0.745. The van der Waals surface area contributed by atoms with E-state index in [4.69, 9.17) is 5.11 Å². The van der Waals surface area contributed by atoms with E-state index in [2.05, 4.69) is 12.2 Å². The number of hydrogen-bond acceptors (Lipinski definition) is 2. The fourth-order valence-corrected chi connectivity index (χ4v) is 3.02. The molecular weight excluding hydrogens is 192 g/mol. The van der Waals surface area contributed by atoms with E-state index < -0.39 is 6.09 Å². The Hall–Kier alpha value is -0.770. The highest BCUT2D eigenvalue weighted by molar-refractivity contribution is 5.67. The molecule has 1 amide bonds. The maximum Gasteiger partial charge on any atom is 0.407 e. The molecule has 0 aromatic rings. The Morgan fingerprint density at radius 1 is 1.67 bits per heavy atom. The van der Waals surface area contributed by atoms with Crippen LogP contribution in [0.25, 0.3) is 0 Å². The van der Waals surface area contributed by atoms with Gasteiger partial charge in [0.05, 0.1) is 0 Å². The highest BCUT2D eigenvalue weighted by atomic mass is 16.4. The average molecular weight is 212 g/mol. The van der Waals surface area contributed by atoms with Gasteiger partial charge in [0.25, 0.3) is 0 Å². The summed E-state index contributed by atoms with van der Waals surface area (Å²) in [5, 5.41) is 12.4. The molecule has 0 aromatic heterocycles. The SMILES string of the molecule is CCCCC1N(C(=O)O)CC12CCNC2. The minimum Gasteiger partial charge on any atom is -0.465 e. The van der Waals surface area contributed by atoms with Gasteiger partial charge in [0.2, 0.25) is 0 Å². The van der Waals surface area contributed by atoms with Gasteiger partial charge < -0.3 is 15.3 Å². The van der Waals surface area contributed by atoms with E-state index in [9.17, 15) is 4.79 Å². The second-order valence-electron chi connectivity index (χ2n) is 4.86. The Bertz CT molecular complexity index is 249. The number of nitrogens with one attached hydrogen (secondary N) is 1. The molecule has 0 aromatic carbocycles. The zero-order chi connectivity index (χ0) is 10.9. The lowest BCUT2D eigenvalue weighted by Crippen LogP contribution is -2.66. The first-order chi connectivity index (χ1) is 7.19. The summed E-state index contributed by atoms with van der Waals surface area (Å²) < 4.78 is 0. The van der Waals surface area contributed by atoms with Gasteiger partial charge in [-0.1, -0.05) is 19.8 Å². The maximum absolute atomic E-state index is 11.0. The second kappa shape index (κ2) is 4.00. The predicted molar refractivity (Wildman–Crippen MR) is 58.0 cm³/mol. The van der Waals surface area contributed by atoms with Crippen LogP contribution in [0.15, 0.2) is 0 Å². The highest BCUT2D eigenvalue weighted by Crippen LogP contribution is 2.44. The van der Waals surface area contributed by atoms with Crippen molar-refractivity contribution in [1.82, 2.24) is 10.2 Å². The molecule has 4 nitrogen and oxygen atoms in total. The van der Waals surface area contributed by atoms with E-state index >= 15 is 0 Å². The van der Waals surface area contributed by atoms with Gasteiger partial charge >= 0.3 is 6.09 Å². The van der Waals surface area contributed by atoms with Crippen molar-refractivity contribution in [2.24, 2.45) is 5.41 Å². The minimum atomic E-state index is -0.742. The van der Waals surface area contributed by atoms with Crippen LogP contribution in [0.4, 0.5) is 4.79 Å². The smallest absolute Gasteiger partial charge is 0.407 e. The fraction of sp³-hybridized carbons (Fsp3) is 0.909. The summed E-state index contributed by atoms with van der Waals surface area (Å²) >= 11 is 0. The Labute approximate surface area is 90.6 Å². The third-order valence-electron chi connectivity index (χ3n) is 3.92. The molecule has 2 fully saturated rings. The lowest BCUT2D eigenvalue weighted by atomic mass is 9.69. The van der Waals surface area contributed by atoms with Crippen LogP contribution in [0.5, 0.6) is 0 Å². The first kappa shape index (κ1) is 10.7. The number of carbonyl (C=O) groups is 1. The van der Waals surface area contributed by atoms with Crippen LogP contribution < -0.4 is 5.32 Å². The van der Waals surface area contributed by atoms with Gasteiger partial charge in [-0.05, 0) is 19.4 Å². The summed E-state index contributed by atoms with van der Waals surface area (Å²) in [7, 11) is 0. The molecule has 2 aliphatic rings. The van der Waals surface area contributed by atoms with Gasteiger partial charge in [-0.25, -0.2) is 4.79 Å². The molecule has 1 spiro atoms. The van der Waals surface area contributed by atoms with Crippen molar-refractivity contribution in [3.63, 3.8) is 0 Å². The normalized spacial score (nSPS) is 34.5. The molecule has 2 heterocycles. The van der Waals surface area contributed by atoms with E-state index in [-0.39, 0.29) is 11.5 Å². The molecule has 0 saturated carbocycles. The second-order valence-corrected chi connectivity index (χ2v) is 4.86. The van der Waals surface area contributed by atoms with Crippen molar-refractivity contribution in [2.75, 3.05) is 19.6 Å². The van der Waals surface area contributed by atoms with Gasteiger partial charge in [0.15, 0.2) is 0 Å². The molecule has 2 unspecified atom stereocenters. The zero-order valence-corrected chi connectivity index (χ0v) is 9.33. The van der Waals surface area contributed by atoms with Crippen LogP contribution in [0.2, 0.25) is 0 Å². The molecule has 0 radical (unpaired) electrons. The van der Waals surface area contributed by atoms with Crippen LogP contribution in [0.3, 0.4) is 0 Å². The molecule has 15 heavy (non-hydrogen) atoms. The summed E-state index contributed by atoms with van der Waals surface area (Å²) in [5.74, 6) is 0. The Morgan fingerprint density at radius 3 is 3.00 bits per heavy atom. The first-order valence-electron chi connectivity index (χ1n) is 5.90. The highest BCUT2D eigenvalue weighted by Gasteiger charge is 2.55. The molecular formula is C11H20N2O2. The van der Waals surface area contributed by atoms with Crippen molar-refractivity contribution in [2.45, 2.75) is 38.6 Å². The summed E-state index contributed by atoms with van der Waals surface area (Å²) in [5.41, 5.74) is 0.271. The molecule has 0 aliphatic carbocycles. The number of rotatable bonds is 3. The third kappa shape index (κ3) is 1.71. The Kier molecular flexibility index (Phi) is 2.87. The van der Waals surface area contributed by atoms with E-state index in [1.165, 1.54) is 0 Å². The monoisotopic (exact) mass is 212 g/mol. The number of carboxylic acid groups (broad SMARTS) is 1. The van der Waals surface area contributed by atoms with Crippen molar-refractivity contribution in [3.8, 4) is 0 Å². The summed E-state index contributed by atoms with van der Waals surface area (Å²) in [4.78, 5) is 12.6. The van der Waals surface area contributed by atoms with Crippen molar-refractivity contribution >= 4 is 6.09 Å². The zero-order valence-electron chi connectivity index (χ0n) is 9.33. The number of hydrogen-bond donors (Lipinski definition) is 2. The van der Waals surface area contributed by atoms with Crippen LogP contribution in [0, 0.1) is 5.41 Å². The van der Waals surface area contributed by atoms with Gasteiger partial charge in [0.1, 0.15) is 0 Å². The Morgan fingerprint density at radius 2 is 2.47 bits per heavy atom. The molecule has 2 rings (SSSR count). The third-order valence-corrected chi connectivity index (χ3v) is 3.92. The van der Waals surface area contributed by atoms with Crippen LogP contribution in [-0.4, -0.2) is 41.8 Å². The first-order valence-corrected chi connectivity index (χ1v) is 5.90. The molecule has 4 heteroatoms. The lowest BCUT2D eigenvalue weighted by molar-refractivity contribution is -0.0481. The van der Waals surface area contributed by atoms with E-state index in [1.807, 2.05) is 0 Å². The summed E-state index contributed by atoms with van der Waals surface area (Å²) in [6.45, 7) is 4.95. The van der Waals surface area contributed by atoms with Crippen LogP contribution in [0.1, 0.15) is 32.6 Å². The minimum absolute atomic E-state index is 0.268. The summed E-state index contributed by atoms with van der Waals surface area (Å²) in [6, 6.07) is 0.268. The van der Waals surface area contributed by atoms with Gasteiger partial charge in [-0.3, -0.25) is 0 Å². The van der Waals surface area contributed by atoms with Gasteiger partial charge in [-0.15, -0.1) is 0 Å². The van der Waals surface area contributed by atoms with Crippen molar-refractivity contribution in [3.05, 3.63) is 0 Å². The number of likely N-dealkylation sites (tertiary alicyclic amines) is 1.